The van der Waals surface area contributed by atoms with Gasteiger partial charge in [-0.3, -0.25) is 0 Å². The molecular formula is C8H8O4. The molecule has 0 aromatic rings. The molecular weight excluding hydrogens is 160 g/mol. The molecule has 64 valence electrons. The second-order valence-corrected chi connectivity index (χ2v) is 1.79. The Morgan fingerprint density at radius 3 is 2.67 bits per heavy atom. The van der Waals surface area contributed by atoms with Crippen LogP contribution in [0.25, 0.3) is 0 Å². The number of terminal acetylenes is 1. The maximum Gasteiger partial charge on any atom is 0.331 e. The van der Waals surface area contributed by atoms with E-state index in [1.165, 1.54) is 0 Å². The molecule has 12 heavy (non-hydrogen) atoms. The smallest absolute Gasteiger partial charge is 0.331 e. The number of rotatable bonds is 4. The van der Waals surface area contributed by atoms with Crippen LogP contribution in [0.5, 0.6) is 0 Å². The van der Waals surface area contributed by atoms with E-state index in [0.717, 1.165) is 6.08 Å². The largest absolute Gasteiger partial charge is 0.478 e. The molecule has 0 amide bonds. The van der Waals surface area contributed by atoms with Crippen molar-refractivity contribution < 1.29 is 19.4 Å². The lowest BCUT2D eigenvalue weighted by Crippen LogP contribution is -2.02. The van der Waals surface area contributed by atoms with Crippen LogP contribution < -0.4 is 0 Å². The monoisotopic (exact) mass is 168 g/mol. The summed E-state index contributed by atoms with van der Waals surface area (Å²) in [4.78, 5) is 20.5. The molecule has 0 fully saturated rings. The summed E-state index contributed by atoms with van der Waals surface area (Å²) in [5, 5.41) is 8.11. The number of hydrogen-bond acceptors (Lipinski definition) is 3. The first-order chi connectivity index (χ1) is 5.66. The Morgan fingerprint density at radius 2 is 2.17 bits per heavy atom. The molecule has 0 radical (unpaired) electrons. The third-order valence-electron chi connectivity index (χ3n) is 0.853. The minimum Gasteiger partial charge on any atom is -0.478 e. The number of carboxylic acid groups (broad SMARTS) is 1. The van der Waals surface area contributed by atoms with Crippen molar-refractivity contribution in [3.63, 3.8) is 0 Å². The highest BCUT2D eigenvalue weighted by Gasteiger charge is 1.96. The zero-order valence-electron chi connectivity index (χ0n) is 6.32. The van der Waals surface area contributed by atoms with Crippen LogP contribution in [0.15, 0.2) is 12.2 Å². The van der Waals surface area contributed by atoms with Gasteiger partial charge in [-0.15, -0.1) is 12.3 Å². The predicted molar refractivity (Wildman–Crippen MR) is 41.2 cm³/mol. The first-order valence-corrected chi connectivity index (χ1v) is 3.18. The van der Waals surface area contributed by atoms with E-state index in [4.69, 9.17) is 11.5 Å². The zero-order valence-corrected chi connectivity index (χ0v) is 6.32. The fourth-order valence-corrected chi connectivity index (χ4v) is 0.398. The quantitative estimate of drug-likeness (QED) is 0.282. The summed E-state index contributed by atoms with van der Waals surface area (Å²) in [5.41, 5.74) is 0. The molecule has 0 unspecified atom stereocenters. The summed E-state index contributed by atoms with van der Waals surface area (Å²) in [5.74, 6) is 0.378. The maximum atomic E-state index is 10.6. The number of carbonyl (C=O) groups is 2. The second-order valence-electron chi connectivity index (χ2n) is 1.79. The topological polar surface area (TPSA) is 63.6 Å². The molecule has 0 aliphatic rings. The predicted octanol–water partition coefficient (Wildman–Crippen LogP) is 0.194. The number of hydrogen-bond donors (Lipinski definition) is 1. The SMILES string of the molecule is C#CCCOC(=O)/C=C\C(=O)O. The molecule has 0 saturated carbocycles. The van der Waals surface area contributed by atoms with Crippen LogP contribution in [-0.2, 0) is 14.3 Å². The molecule has 0 bridgehead atoms. The van der Waals surface area contributed by atoms with Crippen molar-refractivity contribution in [3.05, 3.63) is 12.2 Å². The van der Waals surface area contributed by atoms with Crippen LogP contribution in [0.3, 0.4) is 0 Å². The standard InChI is InChI=1S/C8H8O4/c1-2-3-6-12-8(11)5-4-7(9)10/h1,4-5H,3,6H2,(H,9,10)/b5-4-. The molecule has 0 aliphatic heterocycles. The fraction of sp³-hybridized carbons (Fsp3) is 0.250. The Kier molecular flexibility index (Phi) is 5.11. The molecule has 0 spiro atoms. The Bertz CT molecular complexity index is 234. The summed E-state index contributed by atoms with van der Waals surface area (Å²) in [6.07, 6.45) is 6.75. The highest BCUT2D eigenvalue weighted by molar-refractivity contribution is 5.90. The van der Waals surface area contributed by atoms with E-state index in [2.05, 4.69) is 10.7 Å². The van der Waals surface area contributed by atoms with Gasteiger partial charge in [0.05, 0.1) is 0 Å². The van der Waals surface area contributed by atoms with Crippen LogP contribution in [0.1, 0.15) is 6.42 Å². The average molecular weight is 168 g/mol. The Labute approximate surface area is 69.8 Å². The fourth-order valence-electron chi connectivity index (χ4n) is 0.398. The molecule has 0 aliphatic carbocycles. The van der Waals surface area contributed by atoms with E-state index in [9.17, 15) is 9.59 Å². The van der Waals surface area contributed by atoms with Crippen LogP contribution in [0.2, 0.25) is 0 Å². The van der Waals surface area contributed by atoms with Crippen molar-refractivity contribution in [1.29, 1.82) is 0 Å². The van der Waals surface area contributed by atoms with Gasteiger partial charge in [-0.2, -0.15) is 0 Å². The van der Waals surface area contributed by atoms with Crippen molar-refractivity contribution in [1.82, 2.24) is 0 Å². The average Bonchev–Trinajstić information content (AvgIpc) is 2.01. The lowest BCUT2D eigenvalue weighted by molar-refractivity contribution is -0.138. The van der Waals surface area contributed by atoms with Gasteiger partial charge in [-0.25, -0.2) is 9.59 Å². The van der Waals surface area contributed by atoms with Crippen LogP contribution in [-0.4, -0.2) is 23.7 Å². The van der Waals surface area contributed by atoms with E-state index in [1.807, 2.05) is 0 Å². The lowest BCUT2D eigenvalue weighted by Gasteiger charge is -1.95. The van der Waals surface area contributed by atoms with Gasteiger partial charge >= 0.3 is 11.9 Å². The van der Waals surface area contributed by atoms with Crippen molar-refractivity contribution in [2.75, 3.05) is 6.61 Å². The van der Waals surface area contributed by atoms with Gasteiger partial charge in [0.1, 0.15) is 6.61 Å². The molecule has 4 heteroatoms. The first kappa shape index (κ1) is 10.2. The number of esters is 1. The van der Waals surface area contributed by atoms with Crippen LogP contribution >= 0.6 is 0 Å². The highest BCUT2D eigenvalue weighted by atomic mass is 16.5. The van der Waals surface area contributed by atoms with E-state index in [-0.39, 0.29) is 6.61 Å². The number of aliphatic carboxylic acids is 1. The highest BCUT2D eigenvalue weighted by Crippen LogP contribution is 1.84. The third-order valence-corrected chi connectivity index (χ3v) is 0.853. The van der Waals surface area contributed by atoms with Crippen molar-refractivity contribution >= 4 is 11.9 Å². The molecule has 0 rings (SSSR count). The minimum absolute atomic E-state index is 0.110. The number of ether oxygens (including phenoxy) is 1. The summed E-state index contributed by atoms with van der Waals surface area (Å²) in [7, 11) is 0. The van der Waals surface area contributed by atoms with Crippen LogP contribution in [0.4, 0.5) is 0 Å². The van der Waals surface area contributed by atoms with Gasteiger partial charge in [0.2, 0.25) is 0 Å². The van der Waals surface area contributed by atoms with E-state index < -0.39 is 11.9 Å². The number of carbonyl (C=O) groups excluding carboxylic acids is 1. The van der Waals surface area contributed by atoms with Crippen molar-refractivity contribution in [2.24, 2.45) is 0 Å². The normalized spacial score (nSPS) is 9.25. The van der Waals surface area contributed by atoms with Gasteiger partial charge in [0, 0.05) is 18.6 Å². The van der Waals surface area contributed by atoms with Gasteiger partial charge < -0.3 is 9.84 Å². The summed E-state index contributed by atoms with van der Waals surface area (Å²) >= 11 is 0. The molecule has 4 nitrogen and oxygen atoms in total. The Hall–Kier alpha value is -1.76. The Morgan fingerprint density at radius 1 is 1.50 bits per heavy atom. The minimum atomic E-state index is -1.19. The third kappa shape index (κ3) is 6.36. The Balaban J connectivity index is 3.61. The molecule has 0 atom stereocenters. The van der Waals surface area contributed by atoms with E-state index in [0.29, 0.717) is 12.5 Å². The molecule has 0 saturated heterocycles. The molecule has 1 N–H and O–H groups in total. The summed E-state index contributed by atoms with van der Waals surface area (Å²) in [6.45, 7) is 0.110. The van der Waals surface area contributed by atoms with Crippen LogP contribution in [0, 0.1) is 12.3 Å². The number of carboxylic acids is 1. The van der Waals surface area contributed by atoms with Crippen molar-refractivity contribution in [2.45, 2.75) is 6.42 Å². The maximum absolute atomic E-state index is 10.6. The van der Waals surface area contributed by atoms with Crippen molar-refractivity contribution in [3.8, 4) is 12.3 Å². The second kappa shape index (κ2) is 5.98. The van der Waals surface area contributed by atoms with Gasteiger partial charge in [-0.05, 0) is 0 Å². The van der Waals surface area contributed by atoms with Gasteiger partial charge in [0.25, 0.3) is 0 Å². The summed E-state index contributed by atoms with van der Waals surface area (Å²) in [6, 6.07) is 0. The van der Waals surface area contributed by atoms with Gasteiger partial charge in [-0.1, -0.05) is 0 Å². The molecule has 0 aromatic carbocycles. The lowest BCUT2D eigenvalue weighted by atomic mass is 10.5. The zero-order chi connectivity index (χ0) is 9.40. The van der Waals surface area contributed by atoms with E-state index >= 15 is 0 Å². The van der Waals surface area contributed by atoms with E-state index in [1.54, 1.807) is 0 Å². The molecule has 0 heterocycles. The first-order valence-electron chi connectivity index (χ1n) is 3.18. The molecule has 0 aromatic heterocycles. The van der Waals surface area contributed by atoms with Gasteiger partial charge in [0.15, 0.2) is 0 Å². The summed E-state index contributed by atoms with van der Waals surface area (Å²) < 4.78 is 4.50.